The van der Waals surface area contributed by atoms with Crippen LogP contribution < -0.4 is 0 Å². The second-order valence-electron chi connectivity index (χ2n) is 8.27. The number of hydrogen-bond donors (Lipinski definition) is 0. The van der Waals surface area contributed by atoms with Gasteiger partial charge in [-0.3, -0.25) is 4.98 Å². The summed E-state index contributed by atoms with van der Waals surface area (Å²) in [6, 6.07) is 17.8. The lowest BCUT2D eigenvalue weighted by Crippen LogP contribution is -2.28. The molecule has 0 spiro atoms. The van der Waals surface area contributed by atoms with Gasteiger partial charge in [0.15, 0.2) is 0 Å². The van der Waals surface area contributed by atoms with Crippen LogP contribution in [0.2, 0.25) is 0 Å². The molecule has 1 atom stereocenters. The normalized spacial score (nSPS) is 17.5. The summed E-state index contributed by atoms with van der Waals surface area (Å²) in [5, 5.41) is 9.83. The van der Waals surface area contributed by atoms with Crippen molar-refractivity contribution in [2.24, 2.45) is 0 Å². The van der Waals surface area contributed by atoms with Crippen LogP contribution in [-0.2, 0) is 13.0 Å². The molecule has 0 N–H and O–H groups in total. The van der Waals surface area contributed by atoms with Gasteiger partial charge in [-0.25, -0.2) is 4.68 Å². The van der Waals surface area contributed by atoms with Gasteiger partial charge in [-0.1, -0.05) is 23.4 Å². The number of pyridine rings is 1. The molecule has 1 aliphatic heterocycles. The van der Waals surface area contributed by atoms with Gasteiger partial charge < -0.3 is 4.90 Å². The minimum Gasteiger partial charge on any atom is -0.300 e. The molecule has 3 heterocycles. The van der Waals surface area contributed by atoms with Crippen molar-refractivity contribution in [1.82, 2.24) is 24.9 Å². The van der Waals surface area contributed by atoms with E-state index in [2.05, 4.69) is 59.4 Å². The predicted molar refractivity (Wildman–Crippen MR) is 117 cm³/mol. The van der Waals surface area contributed by atoms with Crippen LogP contribution in [0.1, 0.15) is 36.6 Å². The fraction of sp³-hybridized carbons (Fsp3) is 0.375. The Morgan fingerprint density at radius 3 is 2.83 bits per heavy atom. The maximum absolute atomic E-state index is 4.86. The summed E-state index contributed by atoms with van der Waals surface area (Å²) in [5.74, 6) is 0. The van der Waals surface area contributed by atoms with Crippen LogP contribution in [0.4, 0.5) is 0 Å². The largest absolute Gasteiger partial charge is 0.300 e. The van der Waals surface area contributed by atoms with Crippen LogP contribution in [0.3, 0.4) is 0 Å². The lowest BCUT2D eigenvalue weighted by molar-refractivity contribution is 0.272. The van der Waals surface area contributed by atoms with Crippen molar-refractivity contribution in [2.75, 3.05) is 13.1 Å². The molecule has 0 saturated carbocycles. The summed E-state index contributed by atoms with van der Waals surface area (Å²) in [5.41, 5.74) is 6.68. The highest BCUT2D eigenvalue weighted by molar-refractivity contribution is 5.80. The Morgan fingerprint density at radius 1 is 1.07 bits per heavy atom. The van der Waals surface area contributed by atoms with E-state index in [9.17, 15) is 0 Å². The van der Waals surface area contributed by atoms with Crippen LogP contribution in [0.15, 0.2) is 48.5 Å². The van der Waals surface area contributed by atoms with E-state index < -0.39 is 0 Å². The average Bonchev–Trinajstić information content (AvgIpc) is 3.33. The summed E-state index contributed by atoms with van der Waals surface area (Å²) >= 11 is 0. The van der Waals surface area contributed by atoms with Crippen molar-refractivity contribution in [3.05, 3.63) is 65.4 Å². The van der Waals surface area contributed by atoms with Gasteiger partial charge in [-0.2, -0.15) is 0 Å². The van der Waals surface area contributed by atoms with Gasteiger partial charge >= 0.3 is 0 Å². The van der Waals surface area contributed by atoms with Crippen molar-refractivity contribution >= 4 is 21.9 Å². The van der Waals surface area contributed by atoms with E-state index in [1.54, 1.807) is 0 Å². The second kappa shape index (κ2) is 7.56. The number of nitrogens with zero attached hydrogens (tertiary/aromatic N) is 5. The monoisotopic (exact) mass is 385 g/mol. The first-order chi connectivity index (χ1) is 14.2. The highest BCUT2D eigenvalue weighted by Crippen LogP contribution is 2.22. The summed E-state index contributed by atoms with van der Waals surface area (Å²) in [4.78, 5) is 7.46. The maximum atomic E-state index is 4.86. The molecule has 1 unspecified atom stereocenters. The summed E-state index contributed by atoms with van der Waals surface area (Å²) in [6.07, 6.45) is 3.76. The van der Waals surface area contributed by atoms with E-state index in [0.717, 1.165) is 41.3 Å². The number of benzene rings is 2. The second-order valence-corrected chi connectivity index (χ2v) is 8.27. The zero-order chi connectivity index (χ0) is 19.8. The SMILES string of the molecule is Cc1nc2ccc(CCN3CCCC3C)cc2cc1Cn1nnc2ccccc21. The molecule has 29 heavy (non-hydrogen) atoms. The van der Waals surface area contributed by atoms with Gasteiger partial charge in [0.05, 0.1) is 17.6 Å². The van der Waals surface area contributed by atoms with E-state index in [-0.39, 0.29) is 0 Å². The number of aromatic nitrogens is 4. The Kier molecular flexibility index (Phi) is 4.76. The number of fused-ring (bicyclic) bond motifs is 2. The van der Waals surface area contributed by atoms with Gasteiger partial charge in [-0.05, 0) is 81.1 Å². The zero-order valence-electron chi connectivity index (χ0n) is 17.2. The molecule has 0 bridgehead atoms. The molecular formula is C24H27N5. The molecule has 148 valence electrons. The van der Waals surface area contributed by atoms with Crippen LogP contribution in [0, 0.1) is 6.92 Å². The highest BCUT2D eigenvalue weighted by Gasteiger charge is 2.19. The number of hydrogen-bond acceptors (Lipinski definition) is 4. The average molecular weight is 386 g/mol. The smallest absolute Gasteiger partial charge is 0.113 e. The Balaban J connectivity index is 1.41. The van der Waals surface area contributed by atoms with E-state index in [0.29, 0.717) is 6.54 Å². The molecule has 0 aliphatic carbocycles. The molecule has 0 amide bonds. The molecule has 5 rings (SSSR count). The zero-order valence-corrected chi connectivity index (χ0v) is 17.2. The third-order valence-electron chi connectivity index (χ3n) is 6.29. The topological polar surface area (TPSA) is 46.8 Å². The molecule has 0 radical (unpaired) electrons. The third kappa shape index (κ3) is 3.62. The lowest BCUT2D eigenvalue weighted by atomic mass is 10.0. The van der Waals surface area contributed by atoms with E-state index >= 15 is 0 Å². The Bertz CT molecular complexity index is 1160. The van der Waals surface area contributed by atoms with E-state index in [1.807, 2.05) is 22.9 Å². The van der Waals surface area contributed by atoms with Crippen LogP contribution in [-0.4, -0.2) is 44.0 Å². The van der Waals surface area contributed by atoms with Crippen LogP contribution in [0.25, 0.3) is 21.9 Å². The van der Waals surface area contributed by atoms with Gasteiger partial charge in [0.1, 0.15) is 5.52 Å². The summed E-state index contributed by atoms with van der Waals surface area (Å²) in [7, 11) is 0. The fourth-order valence-electron chi connectivity index (χ4n) is 4.47. The number of para-hydroxylation sites is 1. The third-order valence-corrected chi connectivity index (χ3v) is 6.29. The Labute approximate surface area is 171 Å². The lowest BCUT2D eigenvalue weighted by Gasteiger charge is -2.20. The molecule has 4 aromatic rings. The van der Waals surface area contributed by atoms with Crippen molar-refractivity contribution in [3.8, 4) is 0 Å². The van der Waals surface area contributed by atoms with E-state index in [1.165, 1.54) is 35.9 Å². The van der Waals surface area contributed by atoms with Gasteiger partial charge in [-0.15, -0.1) is 5.10 Å². The molecule has 1 fully saturated rings. The number of aryl methyl sites for hydroxylation is 1. The first-order valence-corrected chi connectivity index (χ1v) is 10.6. The van der Waals surface area contributed by atoms with Gasteiger partial charge in [0.25, 0.3) is 0 Å². The quantitative estimate of drug-likeness (QED) is 0.512. The maximum Gasteiger partial charge on any atom is 0.113 e. The van der Waals surface area contributed by atoms with Crippen molar-refractivity contribution in [2.45, 2.75) is 45.7 Å². The van der Waals surface area contributed by atoms with Crippen molar-refractivity contribution in [3.63, 3.8) is 0 Å². The molecular weight excluding hydrogens is 358 g/mol. The first kappa shape index (κ1) is 18.3. The van der Waals surface area contributed by atoms with Crippen LogP contribution >= 0.6 is 0 Å². The molecule has 1 aliphatic rings. The fourth-order valence-corrected chi connectivity index (χ4v) is 4.47. The summed E-state index contributed by atoms with van der Waals surface area (Å²) in [6.45, 7) is 7.50. The van der Waals surface area contributed by atoms with Crippen molar-refractivity contribution < 1.29 is 0 Å². The summed E-state index contributed by atoms with van der Waals surface area (Å²) < 4.78 is 1.96. The Morgan fingerprint density at radius 2 is 1.97 bits per heavy atom. The minimum atomic E-state index is 0.685. The number of rotatable bonds is 5. The van der Waals surface area contributed by atoms with Gasteiger partial charge in [0, 0.05) is 23.7 Å². The standard InChI is InChI=1S/C24H27N5/c1-17-6-5-12-28(17)13-11-19-9-10-22-20(14-19)15-21(18(2)25-22)16-29-24-8-4-3-7-23(24)26-27-29/h3-4,7-10,14-15,17H,5-6,11-13,16H2,1-2H3. The van der Waals surface area contributed by atoms with Crippen molar-refractivity contribution in [1.29, 1.82) is 0 Å². The molecule has 2 aromatic heterocycles. The molecule has 1 saturated heterocycles. The molecule has 5 heteroatoms. The molecule has 5 nitrogen and oxygen atoms in total. The Hall–Kier alpha value is -2.79. The minimum absolute atomic E-state index is 0.685. The van der Waals surface area contributed by atoms with Crippen LogP contribution in [0.5, 0.6) is 0 Å². The van der Waals surface area contributed by atoms with E-state index in [4.69, 9.17) is 4.98 Å². The number of likely N-dealkylation sites (tertiary alicyclic amines) is 1. The van der Waals surface area contributed by atoms with Gasteiger partial charge in [0.2, 0.25) is 0 Å². The molecule has 2 aromatic carbocycles. The first-order valence-electron chi connectivity index (χ1n) is 10.6. The highest BCUT2D eigenvalue weighted by atomic mass is 15.4. The predicted octanol–water partition coefficient (Wildman–Crippen LogP) is 4.36.